The van der Waals surface area contributed by atoms with Crippen LogP contribution in [0.1, 0.15) is 27.9 Å². The molecule has 0 fully saturated rings. The summed E-state index contributed by atoms with van der Waals surface area (Å²) >= 11 is 0. The summed E-state index contributed by atoms with van der Waals surface area (Å²) in [7, 11) is 0. The van der Waals surface area contributed by atoms with Crippen molar-refractivity contribution in [1.29, 1.82) is 0 Å². The van der Waals surface area contributed by atoms with Crippen LogP contribution in [-0.2, 0) is 13.2 Å². The number of benzene rings is 1. The summed E-state index contributed by atoms with van der Waals surface area (Å²) in [6.07, 6.45) is 7.55. The highest BCUT2D eigenvalue weighted by Crippen LogP contribution is 2.13. The zero-order valence-electron chi connectivity index (χ0n) is 10.4. The van der Waals surface area contributed by atoms with E-state index in [9.17, 15) is 9.90 Å². The van der Waals surface area contributed by atoms with Crippen LogP contribution >= 0.6 is 0 Å². The maximum absolute atomic E-state index is 12.0. The summed E-state index contributed by atoms with van der Waals surface area (Å²) in [6.45, 7) is -0.347. The molecule has 4 nitrogen and oxygen atoms in total. The molecule has 0 radical (unpaired) electrons. The van der Waals surface area contributed by atoms with Gasteiger partial charge in [0.05, 0.1) is 13.2 Å². The van der Waals surface area contributed by atoms with Gasteiger partial charge < -0.3 is 10.2 Å². The van der Waals surface area contributed by atoms with Crippen LogP contribution in [-0.4, -0.2) is 21.7 Å². The average molecular weight is 257 g/mol. The van der Waals surface area contributed by atoms with Crippen LogP contribution in [0.15, 0.2) is 47.6 Å². The lowest BCUT2D eigenvalue weighted by atomic mass is 10.0. The highest BCUT2D eigenvalue weighted by Gasteiger charge is 2.07. The first-order valence-electron chi connectivity index (χ1n) is 6.02. The summed E-state index contributed by atoms with van der Waals surface area (Å²) in [4.78, 5) is 16.0. The second-order valence-corrected chi connectivity index (χ2v) is 4.21. The number of aliphatic hydroxyl groups excluding tert-OH is 2. The molecule has 0 aromatic heterocycles. The van der Waals surface area contributed by atoms with E-state index in [4.69, 9.17) is 5.11 Å². The lowest BCUT2D eigenvalue weighted by Gasteiger charge is -2.06. The molecule has 1 aliphatic rings. The van der Waals surface area contributed by atoms with Crippen LogP contribution in [0.25, 0.3) is 0 Å². The molecule has 0 atom stereocenters. The van der Waals surface area contributed by atoms with Crippen molar-refractivity contribution in [3.63, 3.8) is 0 Å². The van der Waals surface area contributed by atoms with Gasteiger partial charge in [0.25, 0.3) is 0 Å². The molecule has 1 aromatic rings. The standard InChI is InChI=1S/C15H15NO3/c17-9-12-4-3-11(8-13(12)10-18)15(19)6-5-14-2-1-7-16-14/h1,3-8,17-18H,2,9-10H2/b6-5+. The largest absolute Gasteiger partial charge is 0.392 e. The molecule has 0 bridgehead atoms. The summed E-state index contributed by atoms with van der Waals surface area (Å²) in [5.74, 6) is -0.145. The lowest BCUT2D eigenvalue weighted by Crippen LogP contribution is -2.01. The van der Waals surface area contributed by atoms with Crippen molar-refractivity contribution in [2.45, 2.75) is 19.6 Å². The van der Waals surface area contributed by atoms with E-state index in [-0.39, 0.29) is 19.0 Å². The average Bonchev–Trinajstić information content (AvgIpc) is 2.97. The Bertz CT molecular complexity index is 571. The Morgan fingerprint density at radius 2 is 2.05 bits per heavy atom. The van der Waals surface area contributed by atoms with Crippen molar-refractivity contribution in [3.05, 3.63) is 59.3 Å². The first-order valence-corrected chi connectivity index (χ1v) is 6.02. The molecule has 0 unspecified atom stereocenters. The maximum atomic E-state index is 12.0. The smallest absolute Gasteiger partial charge is 0.185 e. The third kappa shape index (κ3) is 3.24. The number of hydrogen-bond acceptors (Lipinski definition) is 4. The summed E-state index contributed by atoms with van der Waals surface area (Å²) in [5, 5.41) is 18.3. The van der Waals surface area contributed by atoms with Crippen molar-refractivity contribution < 1.29 is 15.0 Å². The van der Waals surface area contributed by atoms with Gasteiger partial charge in [-0.15, -0.1) is 0 Å². The van der Waals surface area contributed by atoms with Gasteiger partial charge in [-0.2, -0.15) is 0 Å². The van der Waals surface area contributed by atoms with Crippen LogP contribution in [0.3, 0.4) is 0 Å². The molecular weight excluding hydrogens is 242 g/mol. The van der Waals surface area contributed by atoms with E-state index >= 15 is 0 Å². The maximum Gasteiger partial charge on any atom is 0.185 e. The quantitative estimate of drug-likeness (QED) is 0.624. The Morgan fingerprint density at radius 3 is 2.68 bits per heavy atom. The minimum Gasteiger partial charge on any atom is -0.392 e. The Balaban J connectivity index is 2.15. The molecule has 4 heteroatoms. The molecule has 0 aliphatic carbocycles. The van der Waals surface area contributed by atoms with E-state index in [2.05, 4.69) is 4.99 Å². The monoisotopic (exact) mass is 257 g/mol. The summed E-state index contributed by atoms with van der Waals surface area (Å²) in [6, 6.07) is 4.90. The molecule has 2 N–H and O–H groups in total. The Hall–Kier alpha value is -2.04. The van der Waals surface area contributed by atoms with E-state index in [1.807, 2.05) is 6.08 Å². The van der Waals surface area contributed by atoms with Gasteiger partial charge in [-0.1, -0.05) is 18.2 Å². The number of aliphatic imine (C=N–C) groups is 1. The second-order valence-electron chi connectivity index (χ2n) is 4.21. The molecule has 0 saturated carbocycles. The predicted octanol–water partition coefficient (Wildman–Crippen LogP) is 1.77. The van der Waals surface area contributed by atoms with Gasteiger partial charge in [0.15, 0.2) is 5.78 Å². The number of nitrogens with zero attached hydrogens (tertiary/aromatic N) is 1. The van der Waals surface area contributed by atoms with Crippen LogP contribution in [0.2, 0.25) is 0 Å². The molecule has 0 spiro atoms. The van der Waals surface area contributed by atoms with Gasteiger partial charge in [0, 0.05) is 23.9 Å². The van der Waals surface area contributed by atoms with Crippen molar-refractivity contribution in [2.24, 2.45) is 4.99 Å². The molecule has 0 saturated heterocycles. The number of ketones is 1. The molecule has 1 aliphatic heterocycles. The van der Waals surface area contributed by atoms with Crippen molar-refractivity contribution in [2.75, 3.05) is 0 Å². The molecule has 19 heavy (non-hydrogen) atoms. The number of rotatable bonds is 5. The summed E-state index contributed by atoms with van der Waals surface area (Å²) in [5.41, 5.74) is 2.54. The van der Waals surface area contributed by atoms with Crippen LogP contribution in [0.5, 0.6) is 0 Å². The number of carbonyl (C=O) groups excluding carboxylic acids is 1. The minimum atomic E-state index is -0.197. The Kier molecular flexibility index (Phi) is 4.39. The molecule has 2 rings (SSSR count). The fourth-order valence-corrected chi connectivity index (χ4v) is 1.83. The first-order chi connectivity index (χ1) is 9.24. The van der Waals surface area contributed by atoms with E-state index in [1.165, 1.54) is 6.08 Å². The third-order valence-corrected chi connectivity index (χ3v) is 2.93. The van der Waals surface area contributed by atoms with Crippen molar-refractivity contribution >= 4 is 11.5 Å². The topological polar surface area (TPSA) is 69.9 Å². The molecule has 1 aromatic carbocycles. The van der Waals surface area contributed by atoms with Crippen LogP contribution in [0.4, 0.5) is 0 Å². The Morgan fingerprint density at radius 1 is 1.26 bits per heavy atom. The van der Waals surface area contributed by atoms with Crippen molar-refractivity contribution in [1.82, 2.24) is 0 Å². The fraction of sp³-hybridized carbons (Fsp3) is 0.200. The number of allylic oxidation sites excluding steroid dienone is 3. The van der Waals surface area contributed by atoms with E-state index in [0.29, 0.717) is 16.7 Å². The van der Waals surface area contributed by atoms with E-state index in [0.717, 1.165) is 12.1 Å². The van der Waals surface area contributed by atoms with Gasteiger partial charge in [0.1, 0.15) is 0 Å². The lowest BCUT2D eigenvalue weighted by molar-refractivity contribution is 0.104. The molecular formula is C15H15NO3. The van der Waals surface area contributed by atoms with Gasteiger partial charge in [-0.25, -0.2) is 0 Å². The third-order valence-electron chi connectivity index (χ3n) is 2.93. The van der Waals surface area contributed by atoms with E-state index < -0.39 is 0 Å². The van der Waals surface area contributed by atoms with Gasteiger partial charge in [-0.05, 0) is 29.3 Å². The van der Waals surface area contributed by atoms with Crippen LogP contribution < -0.4 is 0 Å². The highest BCUT2D eigenvalue weighted by atomic mass is 16.3. The fourth-order valence-electron chi connectivity index (χ4n) is 1.83. The van der Waals surface area contributed by atoms with E-state index in [1.54, 1.807) is 30.5 Å². The zero-order valence-corrected chi connectivity index (χ0v) is 10.4. The number of carbonyl (C=O) groups is 1. The van der Waals surface area contributed by atoms with Gasteiger partial charge in [-0.3, -0.25) is 9.79 Å². The normalized spacial score (nSPS) is 14.1. The summed E-state index contributed by atoms with van der Waals surface area (Å²) < 4.78 is 0. The number of hydrogen-bond donors (Lipinski definition) is 2. The van der Waals surface area contributed by atoms with Crippen LogP contribution in [0, 0.1) is 0 Å². The van der Waals surface area contributed by atoms with Gasteiger partial charge >= 0.3 is 0 Å². The van der Waals surface area contributed by atoms with Crippen molar-refractivity contribution in [3.8, 4) is 0 Å². The predicted molar refractivity (Wildman–Crippen MR) is 73.0 cm³/mol. The molecule has 1 heterocycles. The minimum absolute atomic E-state index is 0.145. The SMILES string of the molecule is O=C(/C=C/C1=NC=CC1)c1ccc(CO)c(CO)c1. The Labute approximate surface area is 111 Å². The molecule has 98 valence electrons. The highest BCUT2D eigenvalue weighted by molar-refractivity contribution is 6.09. The zero-order chi connectivity index (χ0) is 13.7. The number of aliphatic hydroxyl groups is 2. The first kappa shape index (κ1) is 13.4. The molecule has 0 amide bonds. The second kappa shape index (κ2) is 6.22. The van der Waals surface area contributed by atoms with Gasteiger partial charge in [0.2, 0.25) is 0 Å².